The van der Waals surface area contributed by atoms with E-state index in [1.54, 1.807) is 18.8 Å². The van der Waals surface area contributed by atoms with Crippen LogP contribution in [0.5, 0.6) is 0 Å². The van der Waals surface area contributed by atoms with Crippen LogP contribution in [0.4, 0.5) is 5.82 Å². The van der Waals surface area contributed by atoms with Crippen molar-refractivity contribution in [3.8, 4) is 11.1 Å². The van der Waals surface area contributed by atoms with Gasteiger partial charge >= 0.3 is 0 Å². The van der Waals surface area contributed by atoms with Gasteiger partial charge in [0.1, 0.15) is 18.4 Å². The summed E-state index contributed by atoms with van der Waals surface area (Å²) in [7, 11) is 4.34. The van der Waals surface area contributed by atoms with E-state index >= 15 is 0 Å². The van der Waals surface area contributed by atoms with Gasteiger partial charge in [-0.2, -0.15) is 0 Å². The first-order valence-corrected chi connectivity index (χ1v) is 8.78. The molecule has 1 aromatic carbocycles. The van der Waals surface area contributed by atoms with Gasteiger partial charge in [0.2, 0.25) is 0 Å². The maximum absolute atomic E-state index is 4.96. The Bertz CT molecular complexity index is 838. The second kappa shape index (κ2) is 6.80. The average Bonchev–Trinajstić information content (AvgIpc) is 3.17. The van der Waals surface area contributed by atoms with E-state index < -0.39 is 0 Å². The molecule has 0 aliphatic heterocycles. The fraction of sp³-hybridized carbons (Fsp3) is 0.421. The van der Waals surface area contributed by atoms with E-state index in [4.69, 9.17) is 4.52 Å². The van der Waals surface area contributed by atoms with Gasteiger partial charge in [-0.25, -0.2) is 9.97 Å². The van der Waals surface area contributed by atoms with Crippen molar-refractivity contribution in [2.24, 2.45) is 0 Å². The van der Waals surface area contributed by atoms with Crippen LogP contribution in [-0.2, 0) is 0 Å². The molecule has 2 aromatic heterocycles. The Morgan fingerprint density at radius 1 is 1.08 bits per heavy atom. The van der Waals surface area contributed by atoms with Crippen LogP contribution in [0.1, 0.15) is 25.7 Å². The summed E-state index contributed by atoms with van der Waals surface area (Å²) >= 11 is 0. The standard InChI is InChI=1S/C19H23N5O/c1-24(2)16-6-4-15(5-7-16)23-19-17-9-13(14-10-22-25-11-14)3-8-18(17)20-12-21-19/h3,8-12,15-16H,4-7H2,1-2H3,(H,20,21,23). The van der Waals surface area contributed by atoms with Gasteiger partial charge in [-0.1, -0.05) is 11.2 Å². The molecule has 1 N–H and O–H groups in total. The fourth-order valence-electron chi connectivity index (χ4n) is 3.63. The fourth-order valence-corrected chi connectivity index (χ4v) is 3.63. The first-order valence-electron chi connectivity index (χ1n) is 8.78. The van der Waals surface area contributed by atoms with E-state index in [2.05, 4.69) is 45.5 Å². The summed E-state index contributed by atoms with van der Waals surface area (Å²) in [4.78, 5) is 11.2. The molecule has 2 heterocycles. The number of nitrogens with zero attached hydrogens (tertiary/aromatic N) is 4. The number of rotatable bonds is 4. The van der Waals surface area contributed by atoms with Gasteiger partial charge < -0.3 is 14.7 Å². The molecule has 130 valence electrons. The minimum Gasteiger partial charge on any atom is -0.367 e. The predicted octanol–water partition coefficient (Wildman–Crippen LogP) is 3.57. The molecule has 6 nitrogen and oxygen atoms in total. The molecule has 1 saturated carbocycles. The quantitative estimate of drug-likeness (QED) is 0.785. The van der Waals surface area contributed by atoms with Crippen molar-refractivity contribution >= 4 is 16.7 Å². The normalized spacial score (nSPS) is 20.9. The van der Waals surface area contributed by atoms with Crippen molar-refractivity contribution in [2.45, 2.75) is 37.8 Å². The molecule has 6 heteroatoms. The van der Waals surface area contributed by atoms with Crippen molar-refractivity contribution in [1.82, 2.24) is 20.0 Å². The summed E-state index contributed by atoms with van der Waals surface area (Å²) in [5, 5.41) is 8.48. The highest BCUT2D eigenvalue weighted by atomic mass is 16.5. The lowest BCUT2D eigenvalue weighted by molar-refractivity contribution is 0.221. The Labute approximate surface area is 147 Å². The lowest BCUT2D eigenvalue weighted by Crippen LogP contribution is -2.36. The predicted molar refractivity (Wildman–Crippen MR) is 98.4 cm³/mol. The number of anilines is 1. The molecule has 25 heavy (non-hydrogen) atoms. The molecule has 0 bridgehead atoms. The summed E-state index contributed by atoms with van der Waals surface area (Å²) < 4.78 is 4.96. The van der Waals surface area contributed by atoms with Gasteiger partial charge in [0, 0.05) is 23.0 Å². The smallest absolute Gasteiger partial charge is 0.137 e. The molecule has 0 amide bonds. The van der Waals surface area contributed by atoms with E-state index in [9.17, 15) is 0 Å². The van der Waals surface area contributed by atoms with Crippen molar-refractivity contribution in [1.29, 1.82) is 0 Å². The molecular weight excluding hydrogens is 314 g/mol. The van der Waals surface area contributed by atoms with E-state index in [-0.39, 0.29) is 0 Å². The minimum atomic E-state index is 0.466. The van der Waals surface area contributed by atoms with E-state index in [1.165, 1.54) is 25.7 Å². The summed E-state index contributed by atoms with van der Waals surface area (Å²) in [6.45, 7) is 0. The Morgan fingerprint density at radius 3 is 2.64 bits per heavy atom. The highest BCUT2D eigenvalue weighted by molar-refractivity contribution is 5.92. The zero-order chi connectivity index (χ0) is 17.2. The molecule has 1 aliphatic carbocycles. The molecule has 0 radical (unpaired) electrons. The third kappa shape index (κ3) is 3.35. The van der Waals surface area contributed by atoms with E-state index in [0.717, 1.165) is 27.8 Å². The van der Waals surface area contributed by atoms with E-state index in [1.807, 2.05) is 12.1 Å². The molecule has 0 unspecified atom stereocenters. The number of benzene rings is 1. The maximum Gasteiger partial charge on any atom is 0.137 e. The second-order valence-electron chi connectivity index (χ2n) is 6.98. The summed E-state index contributed by atoms with van der Waals surface area (Å²) in [6.07, 6.45) is 9.79. The van der Waals surface area contributed by atoms with Crippen molar-refractivity contribution in [3.05, 3.63) is 37.0 Å². The lowest BCUT2D eigenvalue weighted by atomic mass is 9.90. The van der Waals surface area contributed by atoms with Crippen LogP contribution in [0, 0.1) is 0 Å². The van der Waals surface area contributed by atoms with Gasteiger partial charge in [0.05, 0.1) is 11.7 Å². The highest BCUT2D eigenvalue weighted by Gasteiger charge is 2.23. The Morgan fingerprint density at radius 2 is 1.92 bits per heavy atom. The molecule has 1 fully saturated rings. The van der Waals surface area contributed by atoms with Gasteiger partial charge in [-0.3, -0.25) is 0 Å². The van der Waals surface area contributed by atoms with Crippen LogP contribution >= 0.6 is 0 Å². The SMILES string of the molecule is CN(C)C1CCC(Nc2ncnc3ccc(-c4cnoc4)cc23)CC1. The number of hydrogen-bond donors (Lipinski definition) is 1. The molecule has 0 spiro atoms. The van der Waals surface area contributed by atoms with Crippen LogP contribution in [0.25, 0.3) is 22.0 Å². The molecule has 0 saturated heterocycles. The van der Waals surface area contributed by atoms with Gasteiger partial charge in [0.15, 0.2) is 0 Å². The van der Waals surface area contributed by atoms with Gasteiger partial charge in [-0.05, 0) is 57.5 Å². The largest absolute Gasteiger partial charge is 0.367 e. The average molecular weight is 337 g/mol. The molecule has 3 aromatic rings. The first-order chi connectivity index (χ1) is 12.2. The minimum absolute atomic E-state index is 0.466. The van der Waals surface area contributed by atoms with Crippen LogP contribution in [-0.4, -0.2) is 46.2 Å². The van der Waals surface area contributed by atoms with Crippen LogP contribution in [0.3, 0.4) is 0 Å². The zero-order valence-electron chi connectivity index (χ0n) is 14.6. The summed E-state index contributed by atoms with van der Waals surface area (Å²) in [5.41, 5.74) is 2.96. The summed E-state index contributed by atoms with van der Waals surface area (Å²) in [5.74, 6) is 0.914. The topological polar surface area (TPSA) is 67.1 Å². The third-order valence-corrected chi connectivity index (χ3v) is 5.17. The zero-order valence-corrected chi connectivity index (χ0v) is 14.6. The Hall–Kier alpha value is -2.47. The molecule has 4 rings (SSSR count). The number of fused-ring (bicyclic) bond motifs is 1. The van der Waals surface area contributed by atoms with Gasteiger partial charge in [-0.15, -0.1) is 0 Å². The molecular formula is C19H23N5O. The maximum atomic E-state index is 4.96. The van der Waals surface area contributed by atoms with Crippen LogP contribution in [0.2, 0.25) is 0 Å². The second-order valence-corrected chi connectivity index (χ2v) is 6.98. The summed E-state index contributed by atoms with van der Waals surface area (Å²) in [6, 6.07) is 7.32. The van der Waals surface area contributed by atoms with Crippen LogP contribution in [0.15, 0.2) is 41.5 Å². The Balaban J connectivity index is 1.58. The van der Waals surface area contributed by atoms with Crippen molar-refractivity contribution in [2.75, 3.05) is 19.4 Å². The lowest BCUT2D eigenvalue weighted by Gasteiger charge is -2.33. The number of nitrogens with one attached hydrogen (secondary N) is 1. The van der Waals surface area contributed by atoms with E-state index in [0.29, 0.717) is 12.1 Å². The first kappa shape index (κ1) is 16.0. The number of aromatic nitrogens is 3. The molecule has 0 atom stereocenters. The number of hydrogen-bond acceptors (Lipinski definition) is 6. The third-order valence-electron chi connectivity index (χ3n) is 5.17. The molecule has 1 aliphatic rings. The van der Waals surface area contributed by atoms with Crippen LogP contribution < -0.4 is 5.32 Å². The van der Waals surface area contributed by atoms with Crippen molar-refractivity contribution in [3.63, 3.8) is 0 Å². The van der Waals surface area contributed by atoms with Gasteiger partial charge in [0.25, 0.3) is 0 Å². The van der Waals surface area contributed by atoms with Crippen molar-refractivity contribution < 1.29 is 4.52 Å². The monoisotopic (exact) mass is 337 g/mol. The highest BCUT2D eigenvalue weighted by Crippen LogP contribution is 2.29. The Kier molecular flexibility index (Phi) is 4.36.